The zero-order chi connectivity index (χ0) is 17.9. The second kappa shape index (κ2) is 5.46. The largest absolute Gasteiger partial charge is 0.458 e. The minimum Gasteiger partial charge on any atom is -0.458 e. The fourth-order valence-electron chi connectivity index (χ4n) is 4.38. The zero-order valence-corrected chi connectivity index (χ0v) is 14.6. The Labute approximate surface area is 146 Å². The lowest BCUT2D eigenvalue weighted by Crippen LogP contribution is -2.31. The van der Waals surface area contributed by atoms with Crippen LogP contribution in [-0.2, 0) is 23.8 Å². The first-order valence-electron chi connectivity index (χ1n) is 8.65. The summed E-state index contributed by atoms with van der Waals surface area (Å²) in [6.45, 7) is 5.92. The molecule has 6 nitrogen and oxygen atoms in total. The number of aliphatic hydroxyl groups is 1. The van der Waals surface area contributed by atoms with Gasteiger partial charge in [-0.25, -0.2) is 9.59 Å². The van der Waals surface area contributed by atoms with Gasteiger partial charge in [0.2, 0.25) is 0 Å². The van der Waals surface area contributed by atoms with Crippen molar-refractivity contribution in [1.29, 1.82) is 0 Å². The number of ether oxygens (including phenoxy) is 3. The number of hydrogen-bond donors (Lipinski definition) is 1. The lowest BCUT2D eigenvalue weighted by Gasteiger charge is -2.36. The van der Waals surface area contributed by atoms with Crippen molar-refractivity contribution in [3.8, 4) is 0 Å². The molecule has 25 heavy (non-hydrogen) atoms. The number of esters is 2. The third kappa shape index (κ3) is 2.51. The summed E-state index contributed by atoms with van der Waals surface area (Å²) in [6.07, 6.45) is 3.53. The van der Waals surface area contributed by atoms with Gasteiger partial charge in [-0.15, -0.1) is 0 Å². The Morgan fingerprint density at radius 1 is 1.28 bits per heavy atom. The lowest BCUT2D eigenvalue weighted by molar-refractivity contribution is -0.152. The average Bonchev–Trinajstić information content (AvgIpc) is 3.15. The minimum absolute atomic E-state index is 0.0919. The Balaban J connectivity index is 1.57. The van der Waals surface area contributed by atoms with Gasteiger partial charge in [-0.1, -0.05) is 13.8 Å². The van der Waals surface area contributed by atoms with E-state index in [9.17, 15) is 14.7 Å². The Morgan fingerprint density at radius 3 is 2.72 bits per heavy atom. The van der Waals surface area contributed by atoms with Crippen molar-refractivity contribution in [3.05, 3.63) is 34.6 Å². The van der Waals surface area contributed by atoms with Crippen LogP contribution in [0.4, 0.5) is 0 Å². The van der Waals surface area contributed by atoms with Crippen molar-refractivity contribution in [2.24, 2.45) is 11.3 Å². The molecule has 0 radical (unpaired) electrons. The second-order valence-electron chi connectivity index (χ2n) is 7.85. The first kappa shape index (κ1) is 16.4. The Kier molecular flexibility index (Phi) is 3.58. The highest BCUT2D eigenvalue weighted by Crippen LogP contribution is 2.54. The predicted octanol–water partition coefficient (Wildman–Crippen LogP) is 2.14. The first-order chi connectivity index (χ1) is 11.8. The standard InChI is InChI=1S/C19H22O6/c1-9-6-14(24-17(9)21)23-8-12-10-7-11-13(20)4-5-19(2,3)15(11)16(10)25-18(12)22/h6,8,10,13-14,16,20H,4-5,7H2,1-3H3/b12-8+/t10?,13-,14+,16-/m0/s1. The van der Waals surface area contributed by atoms with Gasteiger partial charge in [-0.3, -0.25) is 0 Å². The topological polar surface area (TPSA) is 82.1 Å². The van der Waals surface area contributed by atoms with Crippen molar-refractivity contribution in [3.63, 3.8) is 0 Å². The predicted molar refractivity (Wildman–Crippen MR) is 86.8 cm³/mol. The normalized spacial score (nSPS) is 37.6. The highest BCUT2D eigenvalue weighted by Gasteiger charge is 2.53. The third-order valence-electron chi connectivity index (χ3n) is 5.74. The molecule has 4 rings (SSSR count). The van der Waals surface area contributed by atoms with Crippen molar-refractivity contribution >= 4 is 11.9 Å². The van der Waals surface area contributed by atoms with Crippen molar-refractivity contribution in [1.82, 2.24) is 0 Å². The van der Waals surface area contributed by atoms with E-state index in [4.69, 9.17) is 14.2 Å². The smallest absolute Gasteiger partial charge is 0.338 e. The van der Waals surface area contributed by atoms with Gasteiger partial charge < -0.3 is 19.3 Å². The molecular formula is C19H22O6. The van der Waals surface area contributed by atoms with Gasteiger partial charge in [0.15, 0.2) is 0 Å². The van der Waals surface area contributed by atoms with E-state index < -0.39 is 24.3 Å². The van der Waals surface area contributed by atoms with Gasteiger partial charge >= 0.3 is 11.9 Å². The lowest BCUT2D eigenvalue weighted by atomic mass is 9.71. The summed E-state index contributed by atoms with van der Waals surface area (Å²) < 4.78 is 16.1. The summed E-state index contributed by atoms with van der Waals surface area (Å²) in [5.41, 5.74) is 2.91. The summed E-state index contributed by atoms with van der Waals surface area (Å²) >= 11 is 0. The number of rotatable bonds is 2. The molecule has 6 heteroatoms. The van der Waals surface area contributed by atoms with Crippen LogP contribution in [0.15, 0.2) is 34.6 Å². The molecule has 0 aromatic rings. The van der Waals surface area contributed by atoms with Gasteiger partial charge in [-0.2, -0.15) is 0 Å². The maximum Gasteiger partial charge on any atom is 0.338 e. The van der Waals surface area contributed by atoms with Gasteiger partial charge in [0.25, 0.3) is 6.29 Å². The summed E-state index contributed by atoms with van der Waals surface area (Å²) in [7, 11) is 0. The van der Waals surface area contributed by atoms with Crippen molar-refractivity contribution in [2.75, 3.05) is 0 Å². The molecule has 4 aliphatic rings. The van der Waals surface area contributed by atoms with E-state index in [0.29, 0.717) is 17.6 Å². The summed E-state index contributed by atoms with van der Waals surface area (Å²) in [6, 6.07) is 0. The number of carbonyl (C=O) groups excluding carboxylic acids is 2. The van der Waals surface area contributed by atoms with Crippen molar-refractivity contribution < 1.29 is 28.9 Å². The third-order valence-corrected chi connectivity index (χ3v) is 5.74. The average molecular weight is 346 g/mol. The highest BCUT2D eigenvalue weighted by molar-refractivity contribution is 5.92. The van der Waals surface area contributed by atoms with Crippen LogP contribution in [-0.4, -0.2) is 35.5 Å². The molecule has 1 saturated heterocycles. The number of fused-ring (bicyclic) bond motifs is 2. The Hall–Kier alpha value is -2.08. The fraction of sp³-hybridized carbons (Fsp3) is 0.579. The molecule has 0 spiro atoms. The second-order valence-corrected chi connectivity index (χ2v) is 7.85. The minimum atomic E-state index is -0.808. The highest BCUT2D eigenvalue weighted by atomic mass is 16.7. The molecule has 0 saturated carbocycles. The number of cyclic esters (lactones) is 1. The molecule has 1 unspecified atom stereocenters. The van der Waals surface area contributed by atoms with Gasteiger partial charge in [0, 0.05) is 17.6 Å². The monoisotopic (exact) mass is 346 g/mol. The molecule has 4 atom stereocenters. The van der Waals surface area contributed by atoms with Crippen molar-refractivity contribution in [2.45, 2.75) is 58.5 Å². The molecule has 2 aliphatic heterocycles. The molecule has 0 bridgehead atoms. The summed E-state index contributed by atoms with van der Waals surface area (Å²) in [5.74, 6) is -0.965. The maximum atomic E-state index is 12.3. The van der Waals surface area contributed by atoms with E-state index in [-0.39, 0.29) is 17.4 Å². The van der Waals surface area contributed by atoms with Crippen LogP contribution in [0.1, 0.15) is 40.0 Å². The molecule has 1 N–H and O–H groups in total. The molecule has 0 aromatic heterocycles. The van der Waals surface area contributed by atoms with Crippen LogP contribution in [0.25, 0.3) is 0 Å². The molecule has 1 fully saturated rings. The van der Waals surface area contributed by atoms with Gasteiger partial charge in [-0.05, 0) is 42.7 Å². The van der Waals surface area contributed by atoms with E-state index in [1.54, 1.807) is 13.0 Å². The SMILES string of the molecule is CC1=C[C@H](O/C=C2/C(=O)O[C@@H]3C4=C(CC23)[C@@H](O)CCC4(C)C)OC1=O. The quantitative estimate of drug-likeness (QED) is 0.357. The van der Waals surface area contributed by atoms with E-state index in [1.807, 2.05) is 0 Å². The van der Waals surface area contributed by atoms with E-state index in [1.165, 1.54) is 6.26 Å². The van der Waals surface area contributed by atoms with Crippen LogP contribution < -0.4 is 0 Å². The molecule has 0 aromatic carbocycles. The van der Waals surface area contributed by atoms with Gasteiger partial charge in [0.1, 0.15) is 6.10 Å². The number of hydrogen-bond acceptors (Lipinski definition) is 6. The molecule has 0 amide bonds. The molecular weight excluding hydrogens is 324 g/mol. The van der Waals surface area contributed by atoms with Crippen LogP contribution in [0.3, 0.4) is 0 Å². The maximum absolute atomic E-state index is 12.3. The Morgan fingerprint density at radius 2 is 2.04 bits per heavy atom. The van der Waals surface area contributed by atoms with Crippen LogP contribution in [0.2, 0.25) is 0 Å². The zero-order valence-electron chi connectivity index (χ0n) is 14.6. The molecule has 2 aliphatic carbocycles. The number of carbonyl (C=O) groups is 2. The summed E-state index contributed by atoms with van der Waals surface area (Å²) in [5, 5.41) is 10.4. The van der Waals surface area contributed by atoms with Crippen LogP contribution in [0.5, 0.6) is 0 Å². The van der Waals surface area contributed by atoms with Gasteiger partial charge in [0.05, 0.1) is 17.9 Å². The molecule has 2 heterocycles. The van der Waals surface area contributed by atoms with Crippen LogP contribution >= 0.6 is 0 Å². The van der Waals surface area contributed by atoms with E-state index in [0.717, 1.165) is 24.0 Å². The first-order valence-corrected chi connectivity index (χ1v) is 8.65. The van der Waals surface area contributed by atoms with E-state index >= 15 is 0 Å². The Bertz CT molecular complexity index is 741. The number of aliphatic hydroxyl groups excluding tert-OH is 1. The van der Waals surface area contributed by atoms with Crippen LogP contribution in [0, 0.1) is 11.3 Å². The molecule has 134 valence electrons. The summed E-state index contributed by atoms with van der Waals surface area (Å²) in [4.78, 5) is 23.7. The fourth-order valence-corrected chi connectivity index (χ4v) is 4.38. The van der Waals surface area contributed by atoms with E-state index in [2.05, 4.69) is 13.8 Å².